The molecule has 0 spiro atoms. The van der Waals surface area contributed by atoms with E-state index in [4.69, 9.17) is 0 Å². The lowest BCUT2D eigenvalue weighted by Gasteiger charge is -2.06. The van der Waals surface area contributed by atoms with Crippen molar-refractivity contribution in [2.24, 2.45) is 0 Å². The van der Waals surface area contributed by atoms with Gasteiger partial charge in [0.1, 0.15) is 5.69 Å². The van der Waals surface area contributed by atoms with Gasteiger partial charge in [0.15, 0.2) is 5.82 Å². The van der Waals surface area contributed by atoms with Crippen molar-refractivity contribution in [3.05, 3.63) is 80.3 Å². The number of nitrogens with zero attached hydrogens (tertiary/aromatic N) is 3. The van der Waals surface area contributed by atoms with E-state index >= 15 is 0 Å². The maximum Gasteiger partial charge on any atom is 0.286 e. The number of nitro groups is 1. The molecule has 1 heterocycles. The second-order valence-electron chi connectivity index (χ2n) is 5.76. The van der Waals surface area contributed by atoms with E-state index < -0.39 is 10.5 Å². The second kappa shape index (κ2) is 7.56. The Hall–Kier alpha value is -3.88. The lowest BCUT2D eigenvalue weighted by atomic mass is 10.1. The van der Waals surface area contributed by atoms with Crippen LogP contribution in [0.3, 0.4) is 0 Å². The number of carbonyl (C=O) groups is 1. The molecule has 1 amide bonds. The molecule has 0 aliphatic heterocycles. The Morgan fingerprint density at radius 1 is 1.19 bits per heavy atom. The van der Waals surface area contributed by atoms with E-state index in [1.807, 2.05) is 0 Å². The quantitative estimate of drug-likeness (QED) is 0.527. The van der Waals surface area contributed by atoms with E-state index in [0.717, 1.165) is 0 Å². The zero-order valence-corrected chi connectivity index (χ0v) is 14.3. The SMILES string of the molecule is CC(=O)Nc1ccc(-c2n[nH]c(=O)c(Cc3ccccc3[N+](=O)[O-])n2)cc1. The monoisotopic (exact) mass is 365 g/mol. The topological polar surface area (TPSA) is 131 Å². The Balaban J connectivity index is 1.92. The van der Waals surface area contributed by atoms with Gasteiger partial charge in [0, 0.05) is 36.2 Å². The first kappa shape index (κ1) is 17.9. The number of benzene rings is 2. The second-order valence-corrected chi connectivity index (χ2v) is 5.76. The van der Waals surface area contributed by atoms with E-state index in [2.05, 4.69) is 20.5 Å². The highest BCUT2D eigenvalue weighted by molar-refractivity contribution is 5.88. The molecule has 0 aliphatic carbocycles. The summed E-state index contributed by atoms with van der Waals surface area (Å²) in [6, 6.07) is 13.0. The van der Waals surface area contributed by atoms with Gasteiger partial charge >= 0.3 is 0 Å². The molecule has 0 fully saturated rings. The molecular formula is C18H15N5O4. The number of amides is 1. The van der Waals surface area contributed by atoms with Gasteiger partial charge in [0.05, 0.1) is 4.92 Å². The fourth-order valence-corrected chi connectivity index (χ4v) is 2.55. The third-order valence-electron chi connectivity index (χ3n) is 3.78. The third-order valence-corrected chi connectivity index (χ3v) is 3.78. The predicted octanol–water partition coefficient (Wildman–Crippen LogP) is 2.29. The maximum absolute atomic E-state index is 12.1. The number of para-hydroxylation sites is 1. The van der Waals surface area contributed by atoms with Crippen LogP contribution in [0.15, 0.2) is 53.3 Å². The summed E-state index contributed by atoms with van der Waals surface area (Å²) in [5.41, 5.74) is 1.18. The van der Waals surface area contributed by atoms with Gasteiger partial charge in [-0.1, -0.05) is 18.2 Å². The van der Waals surface area contributed by atoms with Gasteiger partial charge in [0.25, 0.3) is 11.2 Å². The summed E-state index contributed by atoms with van der Waals surface area (Å²) in [6.07, 6.45) is 0.00593. The predicted molar refractivity (Wildman–Crippen MR) is 98.3 cm³/mol. The smallest absolute Gasteiger partial charge is 0.286 e. The largest absolute Gasteiger partial charge is 0.326 e. The molecule has 0 aliphatic rings. The molecule has 9 heteroatoms. The molecule has 27 heavy (non-hydrogen) atoms. The van der Waals surface area contributed by atoms with Crippen molar-refractivity contribution < 1.29 is 9.72 Å². The summed E-state index contributed by atoms with van der Waals surface area (Å²) in [6.45, 7) is 1.41. The fourth-order valence-electron chi connectivity index (χ4n) is 2.55. The van der Waals surface area contributed by atoms with E-state index in [0.29, 0.717) is 16.8 Å². The number of rotatable bonds is 5. The zero-order valence-electron chi connectivity index (χ0n) is 14.3. The van der Waals surface area contributed by atoms with Crippen LogP contribution in [0.1, 0.15) is 18.2 Å². The number of carbonyl (C=O) groups excluding carboxylic acids is 1. The molecule has 0 saturated heterocycles. The summed E-state index contributed by atoms with van der Waals surface area (Å²) in [7, 11) is 0. The van der Waals surface area contributed by atoms with Gasteiger partial charge in [-0.25, -0.2) is 10.1 Å². The van der Waals surface area contributed by atoms with Crippen LogP contribution in [-0.4, -0.2) is 26.0 Å². The molecule has 2 aromatic carbocycles. The summed E-state index contributed by atoms with van der Waals surface area (Å²) < 4.78 is 0. The van der Waals surface area contributed by atoms with Crippen molar-refractivity contribution in [2.75, 3.05) is 5.32 Å². The Morgan fingerprint density at radius 3 is 2.56 bits per heavy atom. The minimum absolute atomic E-state index is 0.00593. The first-order valence-corrected chi connectivity index (χ1v) is 8.00. The van der Waals surface area contributed by atoms with Gasteiger partial charge in [-0.05, 0) is 24.3 Å². The Labute approximate surface area is 153 Å². The average Bonchev–Trinajstić information content (AvgIpc) is 2.64. The number of nitrogens with one attached hydrogen (secondary N) is 2. The molecule has 0 bridgehead atoms. The molecule has 3 aromatic rings. The van der Waals surface area contributed by atoms with Gasteiger partial charge in [-0.2, -0.15) is 5.10 Å². The number of anilines is 1. The van der Waals surface area contributed by atoms with E-state index in [1.54, 1.807) is 42.5 Å². The number of hydrogen-bond acceptors (Lipinski definition) is 6. The minimum atomic E-state index is -0.508. The highest BCUT2D eigenvalue weighted by Crippen LogP contribution is 2.21. The fraction of sp³-hybridized carbons (Fsp3) is 0.111. The highest BCUT2D eigenvalue weighted by atomic mass is 16.6. The van der Waals surface area contributed by atoms with Crippen LogP contribution in [0.4, 0.5) is 11.4 Å². The van der Waals surface area contributed by atoms with Gasteiger partial charge in [-0.3, -0.25) is 19.7 Å². The van der Waals surface area contributed by atoms with Crippen molar-refractivity contribution >= 4 is 17.3 Å². The lowest BCUT2D eigenvalue weighted by molar-refractivity contribution is -0.385. The molecule has 3 rings (SSSR count). The minimum Gasteiger partial charge on any atom is -0.326 e. The van der Waals surface area contributed by atoms with Crippen LogP contribution in [-0.2, 0) is 11.2 Å². The lowest BCUT2D eigenvalue weighted by Crippen LogP contribution is -2.18. The van der Waals surface area contributed by atoms with Crippen molar-refractivity contribution in [2.45, 2.75) is 13.3 Å². The molecular weight excluding hydrogens is 350 g/mol. The van der Waals surface area contributed by atoms with Crippen molar-refractivity contribution in [3.8, 4) is 11.4 Å². The standard InChI is InChI=1S/C18H15N5O4/c1-11(24)19-14-8-6-12(7-9-14)17-20-15(18(25)22-21-17)10-13-4-2-3-5-16(13)23(26)27/h2-9H,10H2,1H3,(H,19,24)(H,22,25). The Bertz CT molecular complexity index is 1060. The number of aromatic nitrogens is 3. The van der Waals surface area contributed by atoms with E-state index in [1.165, 1.54) is 13.0 Å². The van der Waals surface area contributed by atoms with Crippen LogP contribution in [0.2, 0.25) is 0 Å². The first-order valence-electron chi connectivity index (χ1n) is 8.00. The van der Waals surface area contributed by atoms with Crippen LogP contribution in [0.25, 0.3) is 11.4 Å². The highest BCUT2D eigenvalue weighted by Gasteiger charge is 2.16. The number of nitro benzene ring substituents is 1. The van der Waals surface area contributed by atoms with Crippen LogP contribution in [0, 0.1) is 10.1 Å². The van der Waals surface area contributed by atoms with Gasteiger partial charge in [0.2, 0.25) is 5.91 Å². The Kier molecular flexibility index (Phi) is 5.02. The summed E-state index contributed by atoms with van der Waals surface area (Å²) in [4.78, 5) is 38.1. The Morgan fingerprint density at radius 2 is 1.89 bits per heavy atom. The number of aromatic amines is 1. The number of H-pyrrole nitrogens is 1. The summed E-state index contributed by atoms with van der Waals surface area (Å²) in [5.74, 6) is 0.0901. The third kappa shape index (κ3) is 4.21. The molecule has 1 aromatic heterocycles. The van der Waals surface area contributed by atoms with Crippen molar-refractivity contribution in [1.29, 1.82) is 0 Å². The van der Waals surface area contributed by atoms with Crippen LogP contribution in [0.5, 0.6) is 0 Å². The van der Waals surface area contributed by atoms with E-state index in [-0.39, 0.29) is 29.5 Å². The molecule has 0 unspecified atom stereocenters. The maximum atomic E-state index is 12.1. The van der Waals surface area contributed by atoms with Gasteiger partial charge in [-0.15, -0.1) is 0 Å². The molecule has 136 valence electrons. The molecule has 9 nitrogen and oxygen atoms in total. The summed E-state index contributed by atoms with van der Waals surface area (Å²) >= 11 is 0. The summed E-state index contributed by atoms with van der Waals surface area (Å²) in [5, 5.41) is 20.1. The molecule has 0 atom stereocenters. The first-order chi connectivity index (χ1) is 12.9. The zero-order chi connectivity index (χ0) is 19.4. The molecule has 2 N–H and O–H groups in total. The number of hydrogen-bond donors (Lipinski definition) is 2. The van der Waals surface area contributed by atoms with Crippen LogP contribution >= 0.6 is 0 Å². The molecule has 0 saturated carbocycles. The van der Waals surface area contributed by atoms with Crippen molar-refractivity contribution in [3.63, 3.8) is 0 Å². The van der Waals surface area contributed by atoms with Gasteiger partial charge < -0.3 is 5.32 Å². The molecule has 0 radical (unpaired) electrons. The van der Waals surface area contributed by atoms with E-state index in [9.17, 15) is 19.7 Å². The van der Waals surface area contributed by atoms with Crippen LogP contribution < -0.4 is 10.9 Å². The van der Waals surface area contributed by atoms with Crippen molar-refractivity contribution in [1.82, 2.24) is 15.2 Å². The average molecular weight is 365 g/mol. The normalized spacial score (nSPS) is 10.4.